The second-order valence-corrected chi connectivity index (χ2v) is 6.99. The maximum atomic E-state index is 11.3. The fraction of sp³-hybridized carbons (Fsp3) is 0.636. The van der Waals surface area contributed by atoms with Crippen LogP contribution in [0.5, 0.6) is 0 Å². The lowest BCUT2D eigenvalue weighted by Crippen LogP contribution is -2.26. The Kier molecular flexibility index (Phi) is 3.93. The van der Waals surface area contributed by atoms with Crippen LogP contribution in [0.25, 0.3) is 0 Å². The van der Waals surface area contributed by atoms with Crippen molar-refractivity contribution in [3.8, 4) is 0 Å². The monoisotopic (exact) mass is 272 g/mol. The Hall–Kier alpha value is -0.750. The molecule has 0 aliphatic carbocycles. The Morgan fingerprint density at radius 2 is 2.53 bits per heavy atom. The van der Waals surface area contributed by atoms with Crippen LogP contribution in [0.2, 0.25) is 0 Å². The number of nitrogens with zero attached hydrogens (tertiary/aromatic N) is 1. The van der Waals surface area contributed by atoms with Gasteiger partial charge in [0.15, 0.2) is 5.13 Å². The molecule has 0 spiro atoms. The smallest absolute Gasteiger partial charge is 0.349 e. The molecule has 1 aliphatic rings. The second-order valence-electron chi connectivity index (χ2n) is 4.28. The zero-order valence-electron chi connectivity index (χ0n) is 9.99. The number of hydrogen-bond donors (Lipinski definition) is 1. The summed E-state index contributed by atoms with van der Waals surface area (Å²) >= 11 is 3.35. The fourth-order valence-corrected chi connectivity index (χ4v) is 3.76. The topological polar surface area (TPSA) is 51.2 Å². The van der Waals surface area contributed by atoms with Crippen molar-refractivity contribution in [2.45, 2.75) is 24.5 Å². The first-order chi connectivity index (χ1) is 8.13. The lowest BCUT2D eigenvalue weighted by atomic mass is 10.1. The maximum Gasteiger partial charge on any atom is 0.349 e. The van der Waals surface area contributed by atoms with Gasteiger partial charge < -0.3 is 10.1 Å². The van der Waals surface area contributed by atoms with Gasteiger partial charge in [-0.15, -0.1) is 0 Å². The minimum absolute atomic E-state index is 0.303. The van der Waals surface area contributed by atoms with Crippen LogP contribution in [0.15, 0.2) is 6.20 Å². The van der Waals surface area contributed by atoms with Crippen LogP contribution in [0, 0.1) is 0 Å². The summed E-state index contributed by atoms with van der Waals surface area (Å²) in [7, 11) is 1.38. The van der Waals surface area contributed by atoms with Crippen molar-refractivity contribution in [1.29, 1.82) is 0 Å². The average molecular weight is 272 g/mol. The van der Waals surface area contributed by atoms with Crippen molar-refractivity contribution in [3.05, 3.63) is 11.1 Å². The summed E-state index contributed by atoms with van der Waals surface area (Å²) in [5, 5.41) is 4.10. The van der Waals surface area contributed by atoms with Gasteiger partial charge in [-0.2, -0.15) is 11.8 Å². The number of rotatable bonds is 4. The number of ether oxygens (including phenoxy) is 1. The third-order valence-corrected chi connectivity index (χ3v) is 5.28. The van der Waals surface area contributed by atoms with Gasteiger partial charge in [-0.1, -0.05) is 11.3 Å². The van der Waals surface area contributed by atoms with Crippen LogP contribution in [0.1, 0.15) is 29.4 Å². The van der Waals surface area contributed by atoms with Gasteiger partial charge in [-0.25, -0.2) is 9.78 Å². The van der Waals surface area contributed by atoms with Crippen molar-refractivity contribution >= 4 is 34.2 Å². The van der Waals surface area contributed by atoms with Gasteiger partial charge in [0, 0.05) is 11.3 Å². The molecular weight excluding hydrogens is 256 g/mol. The van der Waals surface area contributed by atoms with Gasteiger partial charge >= 0.3 is 5.97 Å². The van der Waals surface area contributed by atoms with Crippen LogP contribution in [0.4, 0.5) is 5.13 Å². The Morgan fingerprint density at radius 1 is 1.71 bits per heavy atom. The molecule has 0 radical (unpaired) electrons. The van der Waals surface area contributed by atoms with Gasteiger partial charge in [0.2, 0.25) is 0 Å². The Morgan fingerprint density at radius 3 is 3.18 bits per heavy atom. The Balaban J connectivity index is 1.91. The van der Waals surface area contributed by atoms with E-state index in [2.05, 4.69) is 22.0 Å². The number of methoxy groups -OCH3 is 1. The summed E-state index contributed by atoms with van der Waals surface area (Å²) in [5.41, 5.74) is 0. The van der Waals surface area contributed by atoms with Crippen molar-refractivity contribution in [1.82, 2.24) is 4.98 Å². The molecule has 1 saturated heterocycles. The van der Waals surface area contributed by atoms with E-state index in [9.17, 15) is 4.79 Å². The van der Waals surface area contributed by atoms with Gasteiger partial charge in [0.25, 0.3) is 0 Å². The molecule has 94 valence electrons. The van der Waals surface area contributed by atoms with Crippen LogP contribution < -0.4 is 5.32 Å². The van der Waals surface area contributed by atoms with E-state index in [1.165, 1.54) is 37.0 Å². The van der Waals surface area contributed by atoms with Crippen LogP contribution in [-0.2, 0) is 4.74 Å². The standard InChI is InChI=1S/C11H16N2O2S2/c1-11(4-3-5-16-11)7-13-10-12-6-8(17-10)9(14)15-2/h6H,3-5,7H2,1-2H3,(H,12,13). The lowest BCUT2D eigenvalue weighted by Gasteiger charge is -2.22. The summed E-state index contributed by atoms with van der Waals surface area (Å²) in [6.45, 7) is 3.16. The number of anilines is 1. The molecule has 1 fully saturated rings. The van der Waals surface area contributed by atoms with E-state index in [0.717, 1.165) is 11.7 Å². The zero-order valence-corrected chi connectivity index (χ0v) is 11.6. The molecule has 0 saturated carbocycles. The van der Waals surface area contributed by atoms with E-state index in [1.807, 2.05) is 11.8 Å². The molecule has 0 bridgehead atoms. The minimum atomic E-state index is -0.322. The number of thioether (sulfide) groups is 1. The van der Waals surface area contributed by atoms with Crippen molar-refractivity contribution in [2.75, 3.05) is 24.7 Å². The number of thiazole rings is 1. The van der Waals surface area contributed by atoms with Crippen molar-refractivity contribution in [3.63, 3.8) is 0 Å². The number of carbonyl (C=O) groups is 1. The number of hydrogen-bond acceptors (Lipinski definition) is 6. The highest BCUT2D eigenvalue weighted by Gasteiger charge is 2.29. The van der Waals surface area contributed by atoms with E-state index in [4.69, 9.17) is 0 Å². The molecular formula is C11H16N2O2S2. The van der Waals surface area contributed by atoms with Gasteiger partial charge in [0.1, 0.15) is 4.88 Å². The summed E-state index contributed by atoms with van der Waals surface area (Å²) in [6, 6.07) is 0. The molecule has 1 aromatic rings. The molecule has 1 unspecified atom stereocenters. The number of esters is 1. The van der Waals surface area contributed by atoms with E-state index in [-0.39, 0.29) is 5.97 Å². The zero-order chi connectivity index (χ0) is 12.3. The number of carbonyl (C=O) groups excluding carboxylic acids is 1. The average Bonchev–Trinajstić information content (AvgIpc) is 2.95. The van der Waals surface area contributed by atoms with Gasteiger partial charge in [-0.05, 0) is 25.5 Å². The molecule has 2 heterocycles. The summed E-state index contributed by atoms with van der Waals surface area (Å²) in [5.74, 6) is 0.917. The largest absolute Gasteiger partial charge is 0.465 e. The number of nitrogens with one attached hydrogen (secondary N) is 1. The molecule has 17 heavy (non-hydrogen) atoms. The lowest BCUT2D eigenvalue weighted by molar-refractivity contribution is 0.0606. The first-order valence-electron chi connectivity index (χ1n) is 5.55. The first kappa shape index (κ1) is 12.7. The first-order valence-corrected chi connectivity index (χ1v) is 7.35. The Labute approximate surface area is 109 Å². The van der Waals surface area contributed by atoms with Crippen LogP contribution >= 0.6 is 23.1 Å². The summed E-state index contributed by atoms with van der Waals surface area (Å²) in [4.78, 5) is 16.0. The maximum absolute atomic E-state index is 11.3. The second kappa shape index (κ2) is 5.27. The third kappa shape index (κ3) is 3.13. The SMILES string of the molecule is COC(=O)c1cnc(NCC2(C)CCCS2)s1. The van der Waals surface area contributed by atoms with Crippen molar-refractivity contribution < 1.29 is 9.53 Å². The van der Waals surface area contributed by atoms with E-state index in [1.54, 1.807) is 6.20 Å². The summed E-state index contributed by atoms with van der Waals surface area (Å²) in [6.07, 6.45) is 4.08. The van der Waals surface area contributed by atoms with Crippen molar-refractivity contribution in [2.24, 2.45) is 0 Å². The highest BCUT2D eigenvalue weighted by atomic mass is 32.2. The molecule has 1 N–H and O–H groups in total. The predicted octanol–water partition coefficient (Wildman–Crippen LogP) is 2.63. The van der Waals surface area contributed by atoms with Gasteiger partial charge in [-0.3, -0.25) is 0 Å². The minimum Gasteiger partial charge on any atom is -0.465 e. The van der Waals surface area contributed by atoms with Gasteiger partial charge in [0.05, 0.1) is 13.3 Å². The molecule has 1 atom stereocenters. The van der Waals surface area contributed by atoms with Crippen LogP contribution in [-0.4, -0.2) is 35.1 Å². The normalized spacial score (nSPS) is 23.6. The highest BCUT2D eigenvalue weighted by molar-refractivity contribution is 8.00. The van der Waals surface area contributed by atoms with E-state index >= 15 is 0 Å². The Bertz CT molecular complexity index is 400. The van der Waals surface area contributed by atoms with Crippen LogP contribution in [0.3, 0.4) is 0 Å². The molecule has 2 rings (SSSR count). The fourth-order valence-electron chi connectivity index (χ4n) is 1.79. The quantitative estimate of drug-likeness (QED) is 0.854. The number of aromatic nitrogens is 1. The molecule has 6 heteroatoms. The molecule has 1 aliphatic heterocycles. The molecule has 0 aromatic carbocycles. The molecule has 1 aromatic heterocycles. The van der Waals surface area contributed by atoms with E-state index < -0.39 is 0 Å². The van der Waals surface area contributed by atoms with E-state index in [0.29, 0.717) is 9.62 Å². The molecule has 4 nitrogen and oxygen atoms in total. The summed E-state index contributed by atoms with van der Waals surface area (Å²) < 4.78 is 4.95. The predicted molar refractivity (Wildman–Crippen MR) is 72.0 cm³/mol. The molecule has 0 amide bonds. The third-order valence-electron chi connectivity index (χ3n) is 2.81. The highest BCUT2D eigenvalue weighted by Crippen LogP contribution is 2.37.